The van der Waals surface area contributed by atoms with Crippen molar-refractivity contribution >= 4 is 34.2 Å². The third kappa shape index (κ3) is 11.0. The van der Waals surface area contributed by atoms with Gasteiger partial charge in [0.05, 0.1) is 30.6 Å². The smallest absolute Gasteiger partial charge is 0.406 e. The number of hydrogen-bond acceptors (Lipinski definition) is 6. The molecule has 1 heterocycles. The van der Waals surface area contributed by atoms with Gasteiger partial charge in [0.1, 0.15) is 12.3 Å². The summed E-state index contributed by atoms with van der Waals surface area (Å²) in [6.45, 7) is 3.18. The SMILES string of the molecule is CC.CNC.COc1cc(SN(C)C)ccc1NCC#Cc1cc2c(NC3CCCCC3)cccc2n1CC(F)(F)F. The van der Waals surface area contributed by atoms with E-state index >= 15 is 0 Å². The molecule has 3 aromatic rings. The number of fused-ring (bicyclic) bond motifs is 1. The van der Waals surface area contributed by atoms with Crippen LogP contribution in [-0.2, 0) is 6.54 Å². The van der Waals surface area contributed by atoms with Crippen molar-refractivity contribution in [3.8, 4) is 17.6 Å². The van der Waals surface area contributed by atoms with E-state index in [1.54, 1.807) is 31.2 Å². The van der Waals surface area contributed by atoms with Gasteiger partial charge in [0.2, 0.25) is 0 Å². The number of halogens is 3. The molecule has 0 unspecified atom stereocenters. The van der Waals surface area contributed by atoms with Crippen molar-refractivity contribution in [3.05, 3.63) is 48.2 Å². The molecule has 1 aliphatic rings. The first kappa shape index (κ1) is 35.2. The highest BCUT2D eigenvalue weighted by Crippen LogP contribution is 2.33. The number of nitrogens with zero attached hydrogens (tertiary/aromatic N) is 2. The summed E-state index contributed by atoms with van der Waals surface area (Å²) in [4.78, 5) is 1.03. The number of alkyl halides is 3. The quantitative estimate of drug-likeness (QED) is 0.180. The molecule has 0 radical (unpaired) electrons. The van der Waals surface area contributed by atoms with E-state index in [4.69, 9.17) is 4.74 Å². The fourth-order valence-electron chi connectivity index (χ4n) is 4.69. The van der Waals surface area contributed by atoms with Gasteiger partial charge in [-0.05, 0) is 95.3 Å². The monoisotopic (exact) mass is 605 g/mol. The summed E-state index contributed by atoms with van der Waals surface area (Å²) in [5.74, 6) is 6.65. The van der Waals surface area contributed by atoms with E-state index in [1.165, 1.54) is 23.8 Å². The zero-order chi connectivity index (χ0) is 31.1. The number of rotatable bonds is 8. The number of anilines is 2. The summed E-state index contributed by atoms with van der Waals surface area (Å²) >= 11 is 1.58. The minimum atomic E-state index is -4.35. The van der Waals surface area contributed by atoms with Crippen LogP contribution in [0.1, 0.15) is 51.6 Å². The van der Waals surface area contributed by atoms with Crippen LogP contribution in [0.4, 0.5) is 24.5 Å². The lowest BCUT2D eigenvalue weighted by Gasteiger charge is -2.24. The van der Waals surface area contributed by atoms with Crippen molar-refractivity contribution in [1.29, 1.82) is 0 Å². The molecule has 0 bridgehead atoms. The Balaban J connectivity index is 0.00000116. The van der Waals surface area contributed by atoms with Crippen LogP contribution in [0.5, 0.6) is 5.75 Å². The van der Waals surface area contributed by atoms with Crippen molar-refractivity contribution in [1.82, 2.24) is 14.2 Å². The van der Waals surface area contributed by atoms with Gasteiger partial charge in [0.25, 0.3) is 0 Å². The van der Waals surface area contributed by atoms with Crippen molar-refractivity contribution < 1.29 is 17.9 Å². The Labute approximate surface area is 253 Å². The van der Waals surface area contributed by atoms with Crippen LogP contribution in [0, 0.1) is 11.8 Å². The molecule has 10 heteroatoms. The zero-order valence-electron chi connectivity index (χ0n) is 25.9. The summed E-state index contributed by atoms with van der Waals surface area (Å²) < 4.78 is 49.2. The molecule has 4 rings (SSSR count). The Hall–Kier alpha value is -3.00. The van der Waals surface area contributed by atoms with Crippen molar-refractivity contribution in [3.63, 3.8) is 0 Å². The zero-order valence-corrected chi connectivity index (χ0v) is 26.7. The van der Waals surface area contributed by atoms with Gasteiger partial charge in [-0.2, -0.15) is 13.2 Å². The van der Waals surface area contributed by atoms with E-state index < -0.39 is 12.7 Å². The minimum absolute atomic E-state index is 0.261. The van der Waals surface area contributed by atoms with Gasteiger partial charge in [0, 0.05) is 22.0 Å². The van der Waals surface area contributed by atoms with Crippen molar-refractivity contribution in [2.24, 2.45) is 0 Å². The highest BCUT2D eigenvalue weighted by Gasteiger charge is 2.30. The molecule has 0 atom stereocenters. The summed E-state index contributed by atoms with van der Waals surface area (Å²) in [5.41, 5.74) is 2.52. The van der Waals surface area contributed by atoms with Gasteiger partial charge in [-0.25, -0.2) is 0 Å². The van der Waals surface area contributed by atoms with Gasteiger partial charge in [0.15, 0.2) is 0 Å². The van der Waals surface area contributed by atoms with Crippen LogP contribution in [0.3, 0.4) is 0 Å². The summed E-state index contributed by atoms with van der Waals surface area (Å²) in [5, 5.41) is 10.3. The number of hydrogen-bond donors (Lipinski definition) is 3. The lowest BCUT2D eigenvalue weighted by atomic mass is 9.95. The second kappa shape index (κ2) is 17.8. The second-order valence-electron chi connectivity index (χ2n) is 9.87. The molecule has 2 aromatic carbocycles. The molecule has 0 aliphatic heterocycles. The van der Waals surface area contributed by atoms with Crippen LogP contribution < -0.4 is 20.7 Å². The molecule has 0 amide bonds. The fourth-order valence-corrected chi connectivity index (χ4v) is 5.40. The Morgan fingerprint density at radius 3 is 2.33 bits per heavy atom. The largest absolute Gasteiger partial charge is 0.495 e. The maximum absolute atomic E-state index is 13.5. The van der Waals surface area contributed by atoms with E-state index in [0.717, 1.165) is 34.5 Å². The van der Waals surface area contributed by atoms with E-state index in [-0.39, 0.29) is 6.54 Å². The first-order valence-electron chi connectivity index (χ1n) is 14.4. The van der Waals surface area contributed by atoms with Crippen molar-refractivity contribution in [2.75, 3.05) is 52.5 Å². The molecular formula is C32H46F3N5OS. The van der Waals surface area contributed by atoms with Gasteiger partial charge in [-0.15, -0.1) is 0 Å². The van der Waals surface area contributed by atoms with E-state index in [9.17, 15) is 13.2 Å². The predicted molar refractivity (Wildman–Crippen MR) is 173 cm³/mol. The Morgan fingerprint density at radius 2 is 1.71 bits per heavy atom. The molecule has 3 N–H and O–H groups in total. The van der Waals surface area contributed by atoms with Gasteiger partial charge in [-0.3, -0.25) is 4.31 Å². The summed E-state index contributed by atoms with van der Waals surface area (Å²) in [7, 11) is 9.28. The molecule has 42 heavy (non-hydrogen) atoms. The molecule has 1 fully saturated rings. The van der Waals surface area contributed by atoms with E-state index in [1.807, 2.05) is 76.7 Å². The Bertz CT molecular complexity index is 1290. The van der Waals surface area contributed by atoms with Crippen LogP contribution in [0.25, 0.3) is 10.9 Å². The van der Waals surface area contributed by atoms with E-state index in [0.29, 0.717) is 23.0 Å². The summed E-state index contributed by atoms with van der Waals surface area (Å²) in [6, 6.07) is 13.4. The average Bonchev–Trinajstić information content (AvgIpc) is 3.30. The first-order chi connectivity index (χ1) is 20.1. The lowest BCUT2D eigenvalue weighted by Crippen LogP contribution is -2.22. The molecule has 232 valence electrons. The van der Waals surface area contributed by atoms with Gasteiger partial charge in [-0.1, -0.05) is 45.1 Å². The molecule has 6 nitrogen and oxygen atoms in total. The third-order valence-corrected chi connectivity index (χ3v) is 7.12. The maximum atomic E-state index is 13.5. The third-order valence-electron chi connectivity index (χ3n) is 6.29. The number of ether oxygens (including phenoxy) is 1. The topological polar surface area (TPSA) is 53.5 Å². The van der Waals surface area contributed by atoms with Gasteiger partial charge >= 0.3 is 6.18 Å². The average molecular weight is 606 g/mol. The molecule has 0 saturated heterocycles. The second-order valence-corrected chi connectivity index (χ2v) is 11.3. The minimum Gasteiger partial charge on any atom is -0.495 e. The number of nitrogens with one attached hydrogen (secondary N) is 3. The maximum Gasteiger partial charge on any atom is 0.406 e. The first-order valence-corrected chi connectivity index (χ1v) is 15.2. The lowest BCUT2D eigenvalue weighted by molar-refractivity contribution is -0.140. The normalized spacial score (nSPS) is 13.3. The highest BCUT2D eigenvalue weighted by atomic mass is 32.2. The Morgan fingerprint density at radius 1 is 1.02 bits per heavy atom. The molecular weight excluding hydrogens is 559 g/mol. The molecule has 1 aromatic heterocycles. The van der Waals surface area contributed by atoms with Crippen LogP contribution >= 0.6 is 11.9 Å². The highest BCUT2D eigenvalue weighted by molar-refractivity contribution is 7.97. The predicted octanol–water partition coefficient (Wildman–Crippen LogP) is 7.85. The summed E-state index contributed by atoms with van der Waals surface area (Å²) in [6.07, 6.45) is 1.39. The molecule has 0 spiro atoms. The molecule has 1 saturated carbocycles. The molecule has 1 aliphatic carbocycles. The number of methoxy groups -OCH3 is 1. The standard InChI is InChI=1S/C28H33F3N4OS.C2H7N.C2H6/c1-34(2)37-22-14-15-25(27(18-22)36-3)32-16-8-11-21-17-23-24(33-20-9-5-4-6-10-20)12-7-13-26(23)35(21)19-28(29,30)31;1-3-2;1-2/h7,12-15,17-18,20,32-33H,4-6,9-10,16,19H2,1-3H3;3H,1-2H3;1-2H3. The van der Waals surface area contributed by atoms with Crippen LogP contribution in [0.15, 0.2) is 47.4 Å². The van der Waals surface area contributed by atoms with Crippen LogP contribution in [0.2, 0.25) is 0 Å². The van der Waals surface area contributed by atoms with Crippen LogP contribution in [-0.4, -0.2) is 62.9 Å². The van der Waals surface area contributed by atoms with Gasteiger partial charge < -0.3 is 25.3 Å². The fraction of sp³-hybridized carbons (Fsp3) is 0.500. The Kier molecular flexibility index (Phi) is 15.0. The van der Waals surface area contributed by atoms with Crippen molar-refractivity contribution in [2.45, 2.75) is 69.6 Å². The van der Waals surface area contributed by atoms with E-state index in [2.05, 4.69) is 27.8 Å². The number of aromatic nitrogens is 1. The number of benzene rings is 2.